The SMILES string of the molecule is CC(C)Oc1ncccc1[C@H]1CCCN1C(C)C. The van der Waals surface area contributed by atoms with Crippen molar-refractivity contribution < 1.29 is 4.74 Å². The van der Waals surface area contributed by atoms with Crippen LogP contribution >= 0.6 is 0 Å². The minimum Gasteiger partial charge on any atom is -0.475 e. The minimum absolute atomic E-state index is 0.174. The van der Waals surface area contributed by atoms with Crippen LogP contribution in [-0.2, 0) is 0 Å². The zero-order valence-electron chi connectivity index (χ0n) is 11.9. The van der Waals surface area contributed by atoms with Gasteiger partial charge in [-0.25, -0.2) is 4.98 Å². The van der Waals surface area contributed by atoms with Gasteiger partial charge < -0.3 is 4.74 Å². The molecule has 1 saturated heterocycles. The molecule has 0 N–H and O–H groups in total. The van der Waals surface area contributed by atoms with E-state index in [-0.39, 0.29) is 6.10 Å². The van der Waals surface area contributed by atoms with Crippen molar-refractivity contribution in [2.75, 3.05) is 6.54 Å². The van der Waals surface area contributed by atoms with E-state index in [2.05, 4.69) is 29.8 Å². The standard InChI is InChI=1S/C15H24N2O/c1-11(2)17-10-6-8-14(17)13-7-5-9-16-15(13)18-12(3)4/h5,7,9,11-12,14H,6,8,10H2,1-4H3/t14-/m1/s1. The van der Waals surface area contributed by atoms with Gasteiger partial charge in [-0.3, -0.25) is 4.90 Å². The summed E-state index contributed by atoms with van der Waals surface area (Å²) in [6, 6.07) is 5.21. The molecule has 0 bridgehead atoms. The second-order valence-electron chi connectivity index (χ2n) is 5.55. The summed E-state index contributed by atoms with van der Waals surface area (Å²) in [7, 11) is 0. The highest BCUT2D eigenvalue weighted by atomic mass is 16.5. The van der Waals surface area contributed by atoms with Crippen LogP contribution in [0.1, 0.15) is 52.1 Å². The van der Waals surface area contributed by atoms with Crippen LogP contribution in [0.2, 0.25) is 0 Å². The molecule has 1 aliphatic heterocycles. The molecular formula is C15H24N2O. The third-order valence-electron chi connectivity index (χ3n) is 3.46. The van der Waals surface area contributed by atoms with Gasteiger partial charge in [0.2, 0.25) is 5.88 Å². The molecule has 0 unspecified atom stereocenters. The van der Waals surface area contributed by atoms with Crippen molar-refractivity contribution >= 4 is 0 Å². The van der Waals surface area contributed by atoms with E-state index in [0.29, 0.717) is 12.1 Å². The first kappa shape index (κ1) is 13.3. The quantitative estimate of drug-likeness (QED) is 0.816. The third kappa shape index (κ3) is 2.83. The maximum atomic E-state index is 5.85. The first-order valence-corrected chi connectivity index (χ1v) is 6.97. The van der Waals surface area contributed by atoms with E-state index in [1.807, 2.05) is 26.1 Å². The van der Waals surface area contributed by atoms with Crippen LogP contribution < -0.4 is 4.74 Å². The number of hydrogen-bond donors (Lipinski definition) is 0. The average molecular weight is 248 g/mol. The lowest BCUT2D eigenvalue weighted by Gasteiger charge is -2.29. The van der Waals surface area contributed by atoms with Crippen molar-refractivity contribution in [1.29, 1.82) is 0 Å². The Morgan fingerprint density at radius 3 is 2.78 bits per heavy atom. The Bertz CT molecular complexity index is 390. The second kappa shape index (κ2) is 5.70. The highest BCUT2D eigenvalue weighted by Crippen LogP contribution is 2.37. The number of hydrogen-bond acceptors (Lipinski definition) is 3. The number of nitrogens with zero attached hydrogens (tertiary/aromatic N) is 2. The van der Waals surface area contributed by atoms with Crippen LogP contribution in [-0.4, -0.2) is 28.6 Å². The Balaban J connectivity index is 2.26. The van der Waals surface area contributed by atoms with E-state index in [4.69, 9.17) is 4.74 Å². The Morgan fingerprint density at radius 2 is 2.11 bits per heavy atom. The van der Waals surface area contributed by atoms with Crippen molar-refractivity contribution in [2.24, 2.45) is 0 Å². The van der Waals surface area contributed by atoms with Gasteiger partial charge in [-0.1, -0.05) is 6.07 Å². The first-order valence-electron chi connectivity index (χ1n) is 6.97. The molecule has 0 radical (unpaired) electrons. The molecule has 0 spiro atoms. The van der Waals surface area contributed by atoms with Crippen LogP contribution in [0.25, 0.3) is 0 Å². The molecule has 1 atom stereocenters. The first-order chi connectivity index (χ1) is 8.59. The molecule has 1 aromatic rings. The van der Waals surface area contributed by atoms with Crippen LogP contribution in [0.4, 0.5) is 0 Å². The van der Waals surface area contributed by atoms with Gasteiger partial charge in [0, 0.05) is 23.8 Å². The smallest absolute Gasteiger partial charge is 0.218 e. The molecular weight excluding hydrogens is 224 g/mol. The lowest BCUT2D eigenvalue weighted by molar-refractivity contribution is 0.188. The molecule has 0 saturated carbocycles. The van der Waals surface area contributed by atoms with Gasteiger partial charge in [0.25, 0.3) is 0 Å². The minimum atomic E-state index is 0.174. The zero-order valence-corrected chi connectivity index (χ0v) is 11.9. The highest BCUT2D eigenvalue weighted by Gasteiger charge is 2.30. The van der Waals surface area contributed by atoms with Gasteiger partial charge in [0.15, 0.2) is 0 Å². The monoisotopic (exact) mass is 248 g/mol. The Kier molecular flexibility index (Phi) is 4.23. The van der Waals surface area contributed by atoms with E-state index in [1.54, 1.807) is 0 Å². The van der Waals surface area contributed by atoms with Crippen LogP contribution in [0.15, 0.2) is 18.3 Å². The normalized spacial score (nSPS) is 20.9. The number of pyridine rings is 1. The van der Waals surface area contributed by atoms with Crippen molar-refractivity contribution in [3.8, 4) is 5.88 Å². The molecule has 2 rings (SSSR count). The summed E-state index contributed by atoms with van der Waals surface area (Å²) in [5.41, 5.74) is 1.25. The molecule has 18 heavy (non-hydrogen) atoms. The molecule has 100 valence electrons. The van der Waals surface area contributed by atoms with Crippen LogP contribution in [0, 0.1) is 0 Å². The van der Waals surface area contributed by atoms with Crippen molar-refractivity contribution in [3.05, 3.63) is 23.9 Å². The predicted octanol–water partition coefficient (Wildman–Crippen LogP) is 3.41. The van der Waals surface area contributed by atoms with Gasteiger partial charge in [0.05, 0.1) is 6.10 Å². The predicted molar refractivity (Wildman–Crippen MR) is 73.8 cm³/mol. The topological polar surface area (TPSA) is 25.4 Å². The summed E-state index contributed by atoms with van der Waals surface area (Å²) in [4.78, 5) is 6.95. The Morgan fingerprint density at radius 1 is 1.33 bits per heavy atom. The van der Waals surface area contributed by atoms with Gasteiger partial charge in [-0.15, -0.1) is 0 Å². The number of ether oxygens (including phenoxy) is 1. The summed E-state index contributed by atoms with van der Waals surface area (Å²) >= 11 is 0. The fourth-order valence-electron chi connectivity index (χ4n) is 2.72. The second-order valence-corrected chi connectivity index (χ2v) is 5.55. The molecule has 2 heterocycles. The van der Waals surface area contributed by atoms with Gasteiger partial charge in [0.1, 0.15) is 0 Å². The molecule has 1 aromatic heterocycles. The number of likely N-dealkylation sites (tertiary alicyclic amines) is 1. The fraction of sp³-hybridized carbons (Fsp3) is 0.667. The molecule has 0 aromatic carbocycles. The van der Waals surface area contributed by atoms with E-state index < -0.39 is 0 Å². The van der Waals surface area contributed by atoms with Gasteiger partial charge >= 0.3 is 0 Å². The van der Waals surface area contributed by atoms with E-state index >= 15 is 0 Å². The van der Waals surface area contributed by atoms with Gasteiger partial charge in [-0.05, 0) is 53.1 Å². The summed E-state index contributed by atoms with van der Waals surface area (Å²) < 4.78 is 5.85. The van der Waals surface area contributed by atoms with E-state index in [9.17, 15) is 0 Å². The Labute approximate surface area is 110 Å². The lowest BCUT2D eigenvalue weighted by Crippen LogP contribution is -2.30. The van der Waals surface area contributed by atoms with E-state index in [0.717, 1.165) is 5.88 Å². The molecule has 3 heteroatoms. The van der Waals surface area contributed by atoms with Crippen LogP contribution in [0.3, 0.4) is 0 Å². The highest BCUT2D eigenvalue weighted by molar-refractivity contribution is 5.30. The van der Waals surface area contributed by atoms with Crippen molar-refractivity contribution in [1.82, 2.24) is 9.88 Å². The van der Waals surface area contributed by atoms with Gasteiger partial charge in [-0.2, -0.15) is 0 Å². The number of aromatic nitrogens is 1. The van der Waals surface area contributed by atoms with Crippen LogP contribution in [0.5, 0.6) is 5.88 Å². The fourth-order valence-corrected chi connectivity index (χ4v) is 2.72. The van der Waals surface area contributed by atoms with Crippen molar-refractivity contribution in [3.63, 3.8) is 0 Å². The average Bonchev–Trinajstić information content (AvgIpc) is 2.77. The maximum absolute atomic E-state index is 5.85. The van der Waals surface area contributed by atoms with Crippen molar-refractivity contribution in [2.45, 2.75) is 58.7 Å². The summed E-state index contributed by atoms with van der Waals surface area (Å²) in [6.07, 6.45) is 4.46. The lowest BCUT2D eigenvalue weighted by atomic mass is 10.1. The Hall–Kier alpha value is -1.09. The summed E-state index contributed by atoms with van der Waals surface area (Å²) in [5.74, 6) is 0.810. The molecule has 3 nitrogen and oxygen atoms in total. The van der Waals surface area contributed by atoms with E-state index in [1.165, 1.54) is 24.9 Å². The molecule has 0 amide bonds. The third-order valence-corrected chi connectivity index (χ3v) is 3.46. The summed E-state index contributed by atoms with van der Waals surface area (Å²) in [5, 5.41) is 0. The molecule has 1 aliphatic rings. The summed E-state index contributed by atoms with van der Waals surface area (Å²) in [6.45, 7) is 9.80. The molecule has 1 fully saturated rings. The zero-order chi connectivity index (χ0) is 13.1. The maximum Gasteiger partial charge on any atom is 0.218 e. The number of rotatable bonds is 4. The largest absolute Gasteiger partial charge is 0.475 e. The molecule has 0 aliphatic carbocycles.